The van der Waals surface area contributed by atoms with E-state index in [-0.39, 0.29) is 11.7 Å². The minimum absolute atomic E-state index is 0.267. The standard InChI is InChI=1S/C27H40N2O3/c1-6-7-8-11-22-19-24(31-26(30)29-17-15-28(5)16-18-29)23-12-14-27(4,32-25(23)20-22)13-9-10-21(2)3/h10,12,14,19-20H,6-9,11,13,15-18H2,1-5H3. The van der Waals surface area contributed by atoms with E-state index in [0.29, 0.717) is 18.8 Å². The third-order valence-corrected chi connectivity index (χ3v) is 6.33. The molecule has 5 nitrogen and oxygen atoms in total. The van der Waals surface area contributed by atoms with Crippen molar-refractivity contribution in [3.05, 3.63) is 41.0 Å². The molecule has 0 radical (unpaired) electrons. The normalized spacial score (nSPS) is 20.5. The Bertz CT molecular complexity index is 849. The van der Waals surface area contributed by atoms with Crippen LogP contribution in [0.2, 0.25) is 0 Å². The number of hydrogen-bond donors (Lipinski definition) is 0. The van der Waals surface area contributed by atoms with E-state index in [2.05, 4.69) is 63.9 Å². The second-order valence-electron chi connectivity index (χ2n) is 9.69. The van der Waals surface area contributed by atoms with Crippen molar-refractivity contribution in [2.45, 2.75) is 71.8 Å². The highest BCUT2D eigenvalue weighted by molar-refractivity contribution is 5.76. The number of piperazine rings is 1. The molecule has 0 aromatic heterocycles. The molecule has 0 N–H and O–H groups in total. The topological polar surface area (TPSA) is 42.0 Å². The number of nitrogens with zero attached hydrogens (tertiary/aromatic N) is 2. The van der Waals surface area contributed by atoms with E-state index in [9.17, 15) is 4.79 Å². The summed E-state index contributed by atoms with van der Waals surface area (Å²) in [5.41, 5.74) is 3.00. The summed E-state index contributed by atoms with van der Waals surface area (Å²) < 4.78 is 12.4. The number of rotatable bonds is 8. The van der Waals surface area contributed by atoms with Gasteiger partial charge in [0.05, 0.1) is 5.56 Å². The Kier molecular flexibility index (Phi) is 8.41. The smallest absolute Gasteiger partial charge is 0.415 e. The van der Waals surface area contributed by atoms with Crippen LogP contribution in [0.5, 0.6) is 11.5 Å². The van der Waals surface area contributed by atoms with Crippen LogP contribution in [0.1, 0.15) is 70.9 Å². The van der Waals surface area contributed by atoms with E-state index in [0.717, 1.165) is 50.1 Å². The molecule has 176 valence electrons. The number of benzene rings is 1. The maximum Gasteiger partial charge on any atom is 0.415 e. The second-order valence-corrected chi connectivity index (χ2v) is 9.69. The quantitative estimate of drug-likeness (QED) is 0.363. The van der Waals surface area contributed by atoms with Crippen LogP contribution in [0.4, 0.5) is 4.79 Å². The fraction of sp³-hybridized carbons (Fsp3) is 0.593. The van der Waals surface area contributed by atoms with E-state index in [1.807, 2.05) is 6.07 Å². The van der Waals surface area contributed by atoms with Crippen molar-refractivity contribution in [3.63, 3.8) is 0 Å². The molecule has 2 aliphatic heterocycles. The summed E-state index contributed by atoms with van der Waals surface area (Å²) in [4.78, 5) is 16.9. The van der Waals surface area contributed by atoms with Gasteiger partial charge in [0.25, 0.3) is 0 Å². The lowest BCUT2D eigenvalue weighted by Crippen LogP contribution is -2.48. The molecule has 1 atom stereocenters. The van der Waals surface area contributed by atoms with Gasteiger partial charge < -0.3 is 19.3 Å². The number of aryl methyl sites for hydroxylation is 1. The van der Waals surface area contributed by atoms with Crippen LogP contribution < -0.4 is 9.47 Å². The van der Waals surface area contributed by atoms with Gasteiger partial charge in [0.1, 0.15) is 17.1 Å². The Morgan fingerprint density at radius 1 is 1.19 bits per heavy atom. The van der Waals surface area contributed by atoms with E-state index >= 15 is 0 Å². The van der Waals surface area contributed by atoms with Crippen molar-refractivity contribution >= 4 is 12.2 Å². The summed E-state index contributed by atoms with van der Waals surface area (Å²) in [6, 6.07) is 4.17. The maximum absolute atomic E-state index is 12.9. The zero-order valence-electron chi connectivity index (χ0n) is 20.6. The van der Waals surface area contributed by atoms with Crippen LogP contribution in [0, 0.1) is 0 Å². The Morgan fingerprint density at radius 3 is 2.62 bits per heavy atom. The van der Waals surface area contributed by atoms with E-state index in [1.54, 1.807) is 4.90 Å². The third-order valence-electron chi connectivity index (χ3n) is 6.33. The molecule has 2 aliphatic rings. The predicted octanol–water partition coefficient (Wildman–Crippen LogP) is 6.08. The molecule has 0 bridgehead atoms. The van der Waals surface area contributed by atoms with Crippen molar-refractivity contribution < 1.29 is 14.3 Å². The number of allylic oxidation sites excluding steroid dienone is 2. The molecule has 3 rings (SSSR count). The van der Waals surface area contributed by atoms with Gasteiger partial charge in [-0.25, -0.2) is 4.79 Å². The number of ether oxygens (including phenoxy) is 2. The molecule has 1 unspecified atom stereocenters. The number of likely N-dealkylation sites (N-methyl/N-ethyl adjacent to an activating group) is 1. The van der Waals surface area contributed by atoms with Crippen molar-refractivity contribution in [1.29, 1.82) is 0 Å². The Morgan fingerprint density at radius 2 is 1.94 bits per heavy atom. The Balaban J connectivity index is 1.81. The number of amides is 1. The molecule has 32 heavy (non-hydrogen) atoms. The molecule has 0 aliphatic carbocycles. The van der Waals surface area contributed by atoms with Crippen LogP contribution in [-0.4, -0.2) is 54.7 Å². The third kappa shape index (κ3) is 6.61. The minimum atomic E-state index is -0.361. The van der Waals surface area contributed by atoms with E-state index < -0.39 is 0 Å². The fourth-order valence-electron chi connectivity index (χ4n) is 4.19. The molecule has 1 aromatic carbocycles. The van der Waals surface area contributed by atoms with Gasteiger partial charge in [-0.15, -0.1) is 0 Å². The lowest BCUT2D eigenvalue weighted by molar-refractivity contribution is 0.118. The van der Waals surface area contributed by atoms with Gasteiger partial charge in [0, 0.05) is 26.2 Å². The first-order valence-electron chi connectivity index (χ1n) is 12.1. The molecule has 1 amide bonds. The van der Waals surface area contributed by atoms with Crippen LogP contribution in [0.3, 0.4) is 0 Å². The highest BCUT2D eigenvalue weighted by atomic mass is 16.6. The van der Waals surface area contributed by atoms with Gasteiger partial charge in [-0.1, -0.05) is 31.4 Å². The summed E-state index contributed by atoms with van der Waals surface area (Å²) in [5, 5.41) is 0. The molecular formula is C27H40N2O3. The van der Waals surface area contributed by atoms with Crippen LogP contribution >= 0.6 is 0 Å². The molecule has 0 saturated carbocycles. The highest BCUT2D eigenvalue weighted by Gasteiger charge is 2.30. The molecule has 1 saturated heterocycles. The van der Waals surface area contributed by atoms with Gasteiger partial charge in [-0.2, -0.15) is 0 Å². The fourth-order valence-corrected chi connectivity index (χ4v) is 4.19. The number of unbranched alkanes of at least 4 members (excludes halogenated alkanes) is 2. The molecular weight excluding hydrogens is 400 g/mol. The molecule has 0 spiro atoms. The monoisotopic (exact) mass is 440 g/mol. The van der Waals surface area contributed by atoms with Gasteiger partial charge in [0.15, 0.2) is 0 Å². The zero-order valence-corrected chi connectivity index (χ0v) is 20.6. The number of carbonyl (C=O) groups is 1. The first kappa shape index (κ1) is 24.4. The summed E-state index contributed by atoms with van der Waals surface area (Å²) >= 11 is 0. The number of fused-ring (bicyclic) bond motifs is 1. The predicted molar refractivity (Wildman–Crippen MR) is 131 cm³/mol. The molecule has 1 aromatic rings. The first-order chi connectivity index (χ1) is 15.3. The van der Waals surface area contributed by atoms with Crippen molar-refractivity contribution in [3.8, 4) is 11.5 Å². The minimum Gasteiger partial charge on any atom is -0.483 e. The van der Waals surface area contributed by atoms with E-state index in [4.69, 9.17) is 9.47 Å². The SMILES string of the molecule is CCCCCc1cc(OC(=O)N2CCN(C)CC2)c2c(c1)OC(C)(CCC=C(C)C)C=C2. The average Bonchev–Trinajstić information content (AvgIpc) is 2.73. The van der Waals surface area contributed by atoms with Gasteiger partial charge >= 0.3 is 6.09 Å². The van der Waals surface area contributed by atoms with Crippen molar-refractivity contribution in [2.24, 2.45) is 0 Å². The Labute approximate surface area is 194 Å². The zero-order chi connectivity index (χ0) is 23.1. The lowest BCUT2D eigenvalue weighted by atomic mass is 9.93. The summed E-state index contributed by atoms with van der Waals surface area (Å²) in [5.74, 6) is 1.43. The van der Waals surface area contributed by atoms with Crippen LogP contribution in [0.25, 0.3) is 6.08 Å². The average molecular weight is 441 g/mol. The number of hydrogen-bond acceptors (Lipinski definition) is 4. The number of carbonyl (C=O) groups excluding carboxylic acids is 1. The van der Waals surface area contributed by atoms with Gasteiger partial charge in [-0.3, -0.25) is 0 Å². The molecule has 5 heteroatoms. The van der Waals surface area contributed by atoms with E-state index in [1.165, 1.54) is 24.0 Å². The molecule has 2 heterocycles. The first-order valence-corrected chi connectivity index (χ1v) is 12.1. The highest BCUT2D eigenvalue weighted by Crippen LogP contribution is 2.40. The second kappa shape index (κ2) is 11.0. The largest absolute Gasteiger partial charge is 0.483 e. The van der Waals surface area contributed by atoms with Gasteiger partial charge in [0.2, 0.25) is 0 Å². The van der Waals surface area contributed by atoms with Crippen LogP contribution in [-0.2, 0) is 6.42 Å². The lowest BCUT2D eigenvalue weighted by Gasteiger charge is -2.33. The summed E-state index contributed by atoms with van der Waals surface area (Å²) in [6.07, 6.45) is 12.5. The van der Waals surface area contributed by atoms with Crippen molar-refractivity contribution in [2.75, 3.05) is 33.2 Å². The van der Waals surface area contributed by atoms with Crippen molar-refractivity contribution in [1.82, 2.24) is 9.80 Å². The van der Waals surface area contributed by atoms with Gasteiger partial charge in [-0.05, 0) is 83.4 Å². The molecule has 1 fully saturated rings. The summed E-state index contributed by atoms with van der Waals surface area (Å²) in [7, 11) is 2.08. The Hall–Kier alpha value is -2.27. The summed E-state index contributed by atoms with van der Waals surface area (Å²) in [6.45, 7) is 11.7. The van der Waals surface area contributed by atoms with Crippen LogP contribution in [0.15, 0.2) is 29.9 Å². The maximum atomic E-state index is 12.9.